The van der Waals surface area contributed by atoms with Crippen LogP contribution in [0.2, 0.25) is 0 Å². The molecule has 0 radical (unpaired) electrons. The van der Waals surface area contributed by atoms with Gasteiger partial charge < -0.3 is 4.57 Å². The second-order valence-electron chi connectivity index (χ2n) is 7.05. The van der Waals surface area contributed by atoms with E-state index in [4.69, 9.17) is 0 Å². The Morgan fingerprint density at radius 3 is 2.54 bits per heavy atom. The van der Waals surface area contributed by atoms with E-state index in [1.165, 1.54) is 4.90 Å². The lowest BCUT2D eigenvalue weighted by molar-refractivity contribution is -0.124. The quantitative estimate of drug-likeness (QED) is 0.623. The van der Waals surface area contributed by atoms with Crippen molar-refractivity contribution < 1.29 is 9.59 Å². The summed E-state index contributed by atoms with van der Waals surface area (Å²) in [6.07, 6.45) is 2.53. The van der Waals surface area contributed by atoms with Crippen molar-refractivity contribution in [2.24, 2.45) is 0 Å². The summed E-state index contributed by atoms with van der Waals surface area (Å²) in [5.41, 5.74) is 4.52. The van der Waals surface area contributed by atoms with E-state index in [0.29, 0.717) is 10.5 Å². The highest BCUT2D eigenvalue weighted by Gasteiger charge is 2.37. The first kappa shape index (κ1) is 20.4. The number of aryl methyl sites for hydroxylation is 2. The van der Waals surface area contributed by atoms with Crippen LogP contribution in [-0.4, -0.2) is 26.7 Å². The third-order valence-electron chi connectivity index (χ3n) is 5.29. The van der Waals surface area contributed by atoms with Gasteiger partial charge in [-0.05, 0) is 76.1 Å². The molecule has 1 aliphatic heterocycles. The molecule has 1 atom stereocenters. The van der Waals surface area contributed by atoms with Gasteiger partial charge in [0.2, 0.25) is 0 Å². The van der Waals surface area contributed by atoms with E-state index in [2.05, 4.69) is 10.6 Å². The Kier molecular flexibility index (Phi) is 5.55. The van der Waals surface area contributed by atoms with E-state index in [1.54, 1.807) is 17.4 Å². The first-order chi connectivity index (χ1) is 13.2. The molecule has 0 spiro atoms. The van der Waals surface area contributed by atoms with Gasteiger partial charge in [0.25, 0.3) is 11.1 Å². The van der Waals surface area contributed by atoms with Crippen LogP contribution in [0.1, 0.15) is 53.2 Å². The molecule has 146 valence electrons. The molecule has 1 fully saturated rings. The van der Waals surface area contributed by atoms with Gasteiger partial charge in [0.15, 0.2) is 0 Å². The average Bonchev–Trinajstić information content (AvgIpc) is 3.20. The third-order valence-corrected chi connectivity index (χ3v) is 7.37. The van der Waals surface area contributed by atoms with Gasteiger partial charge in [-0.1, -0.05) is 6.92 Å². The molecule has 0 bridgehead atoms. The maximum absolute atomic E-state index is 12.7. The first-order valence-corrected chi connectivity index (χ1v) is 10.8. The molecule has 1 saturated heterocycles. The molecule has 0 aromatic carbocycles. The predicted octanol–water partition coefficient (Wildman–Crippen LogP) is 5.48. The number of rotatable bonds is 4. The lowest BCUT2D eigenvalue weighted by Gasteiger charge is -2.19. The lowest BCUT2D eigenvalue weighted by atomic mass is 10.2. The summed E-state index contributed by atoms with van der Waals surface area (Å²) in [7, 11) is 0. The molecule has 3 heterocycles. The highest BCUT2D eigenvalue weighted by Crippen LogP contribution is 2.37. The van der Waals surface area contributed by atoms with Gasteiger partial charge in [0.1, 0.15) is 11.1 Å². The van der Waals surface area contributed by atoms with E-state index in [1.807, 2.05) is 47.6 Å². The van der Waals surface area contributed by atoms with Crippen LogP contribution in [0.3, 0.4) is 0 Å². The molecule has 2 aromatic heterocycles. The summed E-state index contributed by atoms with van der Waals surface area (Å²) in [6.45, 7) is 11.8. The van der Waals surface area contributed by atoms with Gasteiger partial charge >= 0.3 is 0 Å². The van der Waals surface area contributed by atoms with Crippen molar-refractivity contribution in [3.05, 3.63) is 43.9 Å². The van der Waals surface area contributed by atoms with Crippen molar-refractivity contribution in [3.8, 4) is 11.1 Å². The van der Waals surface area contributed by atoms with Crippen LogP contribution in [0.15, 0.2) is 11.0 Å². The van der Waals surface area contributed by atoms with E-state index in [-0.39, 0.29) is 17.2 Å². The highest BCUT2D eigenvalue weighted by atomic mass is 32.2. The van der Waals surface area contributed by atoms with Crippen LogP contribution in [0.4, 0.5) is 4.79 Å². The Bertz CT molecular complexity index is 1050. The summed E-state index contributed by atoms with van der Waals surface area (Å²) in [5, 5.41) is 10.3. The number of nitrogens with zero attached hydrogens (tertiary/aromatic N) is 3. The van der Waals surface area contributed by atoms with Gasteiger partial charge in [0.05, 0.1) is 10.5 Å². The molecular formula is C21H23N3O2S2. The summed E-state index contributed by atoms with van der Waals surface area (Å²) >= 11 is 2.59. The number of hydrogen-bond acceptors (Lipinski definition) is 5. The molecule has 2 aromatic rings. The lowest BCUT2D eigenvalue weighted by Crippen LogP contribution is -2.36. The molecule has 7 heteroatoms. The molecule has 2 amide bonds. The Labute approximate surface area is 173 Å². The number of aromatic nitrogens is 1. The molecular weight excluding hydrogens is 390 g/mol. The van der Waals surface area contributed by atoms with Gasteiger partial charge in [-0.2, -0.15) is 5.26 Å². The summed E-state index contributed by atoms with van der Waals surface area (Å²) < 4.78 is 2.06. The zero-order chi connectivity index (χ0) is 20.7. The molecule has 1 aliphatic rings. The first-order valence-electron chi connectivity index (χ1n) is 9.17. The van der Waals surface area contributed by atoms with Gasteiger partial charge in [-0.3, -0.25) is 14.5 Å². The number of amides is 2. The zero-order valence-corrected chi connectivity index (χ0v) is 18.5. The summed E-state index contributed by atoms with van der Waals surface area (Å²) in [6, 6.07) is 4.21. The van der Waals surface area contributed by atoms with Crippen molar-refractivity contribution in [2.45, 2.75) is 54.0 Å². The van der Waals surface area contributed by atoms with Crippen LogP contribution in [0.5, 0.6) is 0 Å². The number of nitriles is 1. The zero-order valence-electron chi connectivity index (χ0n) is 16.9. The number of carbonyl (C=O) groups is 2. The maximum Gasteiger partial charge on any atom is 0.293 e. The van der Waals surface area contributed by atoms with Crippen LogP contribution in [0.25, 0.3) is 11.1 Å². The highest BCUT2D eigenvalue weighted by molar-refractivity contribution is 8.18. The van der Waals surface area contributed by atoms with Crippen molar-refractivity contribution in [3.63, 3.8) is 0 Å². The van der Waals surface area contributed by atoms with Crippen LogP contribution in [0, 0.1) is 39.0 Å². The normalized spacial score (nSPS) is 16.9. The number of imide groups is 1. The molecule has 0 N–H and O–H groups in total. The molecule has 0 saturated carbocycles. The smallest absolute Gasteiger partial charge is 0.293 e. The van der Waals surface area contributed by atoms with Crippen LogP contribution >= 0.6 is 23.1 Å². The van der Waals surface area contributed by atoms with Gasteiger partial charge in [-0.15, -0.1) is 11.3 Å². The van der Waals surface area contributed by atoms with Crippen LogP contribution < -0.4 is 0 Å². The Morgan fingerprint density at radius 2 is 1.93 bits per heavy atom. The number of carbonyl (C=O) groups excluding carboxylic acids is 2. The Morgan fingerprint density at radius 1 is 1.25 bits per heavy atom. The number of hydrogen-bond donors (Lipinski definition) is 0. The fourth-order valence-electron chi connectivity index (χ4n) is 3.33. The number of thioether (sulfide) groups is 1. The minimum absolute atomic E-state index is 0.110. The van der Waals surface area contributed by atoms with Crippen molar-refractivity contribution >= 4 is 40.3 Å². The second kappa shape index (κ2) is 7.61. The fraction of sp³-hybridized carbons (Fsp3) is 0.381. The van der Waals surface area contributed by atoms with E-state index in [0.717, 1.165) is 50.6 Å². The minimum Gasteiger partial charge on any atom is -0.308 e. The number of thiophene rings is 1. The standard InChI is InChI=1S/C21H23N3O2S2/c1-7-11(2)24-19(25)18(28-21(24)26)9-16-8-12(3)23(14(16)5)20-17(10-22)13(4)15(6)27-20/h8-9,11H,7H2,1-6H3/b18-9+/t11-/m0/s1. The summed E-state index contributed by atoms with van der Waals surface area (Å²) in [5.74, 6) is -0.227. The molecule has 0 aliphatic carbocycles. The van der Waals surface area contributed by atoms with E-state index in [9.17, 15) is 14.9 Å². The molecule has 3 rings (SSSR count). The Hall–Kier alpha value is -2.30. The molecule has 5 nitrogen and oxygen atoms in total. The maximum atomic E-state index is 12.7. The van der Waals surface area contributed by atoms with Gasteiger partial charge in [0, 0.05) is 22.3 Å². The van der Waals surface area contributed by atoms with Crippen molar-refractivity contribution in [1.29, 1.82) is 5.26 Å². The Balaban J connectivity index is 2.06. The average molecular weight is 414 g/mol. The van der Waals surface area contributed by atoms with Crippen molar-refractivity contribution in [1.82, 2.24) is 9.47 Å². The monoisotopic (exact) mass is 413 g/mol. The topological polar surface area (TPSA) is 66.1 Å². The van der Waals surface area contributed by atoms with E-state index >= 15 is 0 Å². The summed E-state index contributed by atoms with van der Waals surface area (Å²) in [4.78, 5) is 27.9. The second-order valence-corrected chi connectivity index (χ2v) is 9.24. The molecule has 0 unspecified atom stereocenters. The molecule has 28 heavy (non-hydrogen) atoms. The predicted molar refractivity (Wildman–Crippen MR) is 115 cm³/mol. The van der Waals surface area contributed by atoms with Gasteiger partial charge in [-0.25, -0.2) is 0 Å². The SMILES string of the molecule is CC[C@H](C)N1C(=O)S/C(=C/c2cc(C)n(-c3sc(C)c(C)c3C#N)c2C)C1=O. The van der Waals surface area contributed by atoms with Crippen LogP contribution in [-0.2, 0) is 4.79 Å². The minimum atomic E-state index is -0.227. The largest absolute Gasteiger partial charge is 0.308 e. The van der Waals surface area contributed by atoms with E-state index < -0.39 is 0 Å². The fourth-order valence-corrected chi connectivity index (χ4v) is 5.47. The third kappa shape index (κ3) is 3.21. The van der Waals surface area contributed by atoms with Crippen molar-refractivity contribution in [2.75, 3.05) is 0 Å².